The molecule has 0 unspecified atom stereocenters. The number of aryl methyl sites for hydroxylation is 1. The number of rotatable bonds is 0. The molecule has 0 aromatic carbocycles. The standard InChI is InChI=1S/C4H4N6O/c1-9-4(11)10-3(7-9)5-2-6-8-10/h2H,1H3. The molecule has 0 aliphatic rings. The fourth-order valence-corrected chi connectivity index (χ4v) is 0.753. The van der Waals surface area contributed by atoms with Crippen LogP contribution in [0.5, 0.6) is 0 Å². The fourth-order valence-electron chi connectivity index (χ4n) is 0.753. The van der Waals surface area contributed by atoms with Gasteiger partial charge in [-0.1, -0.05) is 5.21 Å². The first kappa shape index (κ1) is 5.96. The van der Waals surface area contributed by atoms with E-state index in [-0.39, 0.29) is 11.5 Å². The average molecular weight is 152 g/mol. The zero-order chi connectivity index (χ0) is 7.84. The second kappa shape index (κ2) is 1.84. The second-order valence-corrected chi connectivity index (χ2v) is 1.97. The van der Waals surface area contributed by atoms with Gasteiger partial charge in [0.05, 0.1) is 0 Å². The van der Waals surface area contributed by atoms with Gasteiger partial charge in [0.25, 0.3) is 5.78 Å². The largest absolute Gasteiger partial charge is 0.369 e. The van der Waals surface area contributed by atoms with E-state index in [9.17, 15) is 4.79 Å². The third kappa shape index (κ3) is 0.704. The van der Waals surface area contributed by atoms with E-state index in [1.165, 1.54) is 13.4 Å². The summed E-state index contributed by atoms with van der Waals surface area (Å²) < 4.78 is 2.18. The van der Waals surface area contributed by atoms with Gasteiger partial charge in [0, 0.05) is 7.05 Å². The van der Waals surface area contributed by atoms with Gasteiger partial charge in [-0.25, -0.2) is 9.48 Å². The Morgan fingerprint density at radius 2 is 2.36 bits per heavy atom. The van der Waals surface area contributed by atoms with Crippen LogP contribution in [-0.4, -0.2) is 29.6 Å². The van der Waals surface area contributed by atoms with Crippen molar-refractivity contribution in [3.05, 3.63) is 16.8 Å². The van der Waals surface area contributed by atoms with Gasteiger partial charge in [-0.15, -0.1) is 14.7 Å². The predicted molar refractivity (Wildman–Crippen MR) is 33.8 cm³/mol. The molecule has 2 rings (SSSR count). The summed E-state index contributed by atoms with van der Waals surface area (Å²) in [6.07, 6.45) is 1.24. The van der Waals surface area contributed by atoms with Crippen molar-refractivity contribution in [2.45, 2.75) is 0 Å². The summed E-state index contributed by atoms with van der Waals surface area (Å²) in [5.74, 6) is 0.257. The maximum Gasteiger partial charge on any atom is 0.369 e. The third-order valence-corrected chi connectivity index (χ3v) is 1.25. The number of hydrogen-bond donors (Lipinski definition) is 0. The van der Waals surface area contributed by atoms with Gasteiger partial charge >= 0.3 is 5.69 Å². The maximum absolute atomic E-state index is 11.0. The van der Waals surface area contributed by atoms with E-state index in [2.05, 4.69) is 20.4 Å². The first-order chi connectivity index (χ1) is 5.29. The highest BCUT2D eigenvalue weighted by atomic mass is 16.2. The van der Waals surface area contributed by atoms with Crippen LogP contribution in [-0.2, 0) is 7.05 Å². The lowest BCUT2D eigenvalue weighted by Crippen LogP contribution is -2.19. The van der Waals surface area contributed by atoms with Crippen LogP contribution < -0.4 is 5.69 Å². The highest BCUT2D eigenvalue weighted by Crippen LogP contribution is 1.80. The van der Waals surface area contributed by atoms with Crippen LogP contribution in [0, 0.1) is 0 Å². The monoisotopic (exact) mass is 152 g/mol. The average Bonchev–Trinajstić information content (AvgIpc) is 2.30. The number of aromatic nitrogens is 6. The first-order valence-electron chi connectivity index (χ1n) is 2.89. The van der Waals surface area contributed by atoms with Crippen LogP contribution >= 0.6 is 0 Å². The van der Waals surface area contributed by atoms with Crippen molar-refractivity contribution in [1.29, 1.82) is 0 Å². The summed E-state index contributed by atoms with van der Waals surface area (Å²) >= 11 is 0. The number of fused-ring (bicyclic) bond motifs is 1. The van der Waals surface area contributed by atoms with Gasteiger partial charge in [0.1, 0.15) is 6.33 Å². The summed E-state index contributed by atoms with van der Waals surface area (Å²) in [6.45, 7) is 0. The number of hydrogen-bond acceptors (Lipinski definition) is 5. The lowest BCUT2D eigenvalue weighted by atomic mass is 11.1. The minimum absolute atomic E-state index is 0.257. The Bertz CT molecular complexity index is 441. The van der Waals surface area contributed by atoms with Gasteiger partial charge in [0.2, 0.25) is 0 Å². The van der Waals surface area contributed by atoms with Crippen molar-refractivity contribution in [2.24, 2.45) is 7.05 Å². The summed E-state index contributed by atoms with van der Waals surface area (Å²) in [5, 5.41) is 10.7. The molecule has 0 amide bonds. The van der Waals surface area contributed by atoms with Crippen molar-refractivity contribution >= 4 is 5.78 Å². The zero-order valence-corrected chi connectivity index (χ0v) is 5.67. The lowest BCUT2D eigenvalue weighted by molar-refractivity contribution is 0.696. The van der Waals surface area contributed by atoms with Crippen LogP contribution in [0.3, 0.4) is 0 Å². The Kier molecular flexibility index (Phi) is 0.999. The van der Waals surface area contributed by atoms with Crippen LogP contribution in [0.25, 0.3) is 5.78 Å². The summed E-state index contributed by atoms with van der Waals surface area (Å²) in [6, 6.07) is 0. The van der Waals surface area contributed by atoms with E-state index in [1.54, 1.807) is 0 Å². The van der Waals surface area contributed by atoms with Gasteiger partial charge in [-0.05, 0) is 0 Å². The van der Waals surface area contributed by atoms with Crippen molar-refractivity contribution < 1.29 is 0 Å². The molecule has 2 aromatic heterocycles. The minimum Gasteiger partial charge on any atom is -0.244 e. The molecule has 0 N–H and O–H groups in total. The molecule has 0 aliphatic heterocycles. The van der Waals surface area contributed by atoms with E-state index < -0.39 is 0 Å². The summed E-state index contributed by atoms with van der Waals surface area (Å²) in [4.78, 5) is 14.8. The van der Waals surface area contributed by atoms with E-state index in [4.69, 9.17) is 0 Å². The highest BCUT2D eigenvalue weighted by molar-refractivity contribution is 5.19. The van der Waals surface area contributed by atoms with E-state index in [0.29, 0.717) is 0 Å². The lowest BCUT2D eigenvalue weighted by Gasteiger charge is -1.80. The molecule has 0 aliphatic carbocycles. The molecule has 11 heavy (non-hydrogen) atoms. The summed E-state index contributed by atoms with van der Waals surface area (Å²) in [5.41, 5.74) is -0.347. The molecule has 2 aromatic rings. The van der Waals surface area contributed by atoms with Crippen LogP contribution in [0.2, 0.25) is 0 Å². The molecule has 7 nitrogen and oxygen atoms in total. The van der Waals surface area contributed by atoms with Gasteiger partial charge in [0.15, 0.2) is 0 Å². The Hall–Kier alpha value is -1.79. The molecule has 0 radical (unpaired) electrons. The van der Waals surface area contributed by atoms with E-state index in [1.807, 2.05) is 0 Å². The van der Waals surface area contributed by atoms with Gasteiger partial charge in [-0.2, -0.15) is 4.98 Å². The fraction of sp³-hybridized carbons (Fsp3) is 0.250. The molecule has 0 atom stereocenters. The third-order valence-electron chi connectivity index (χ3n) is 1.25. The predicted octanol–water partition coefficient (Wildman–Crippen LogP) is -1.78. The van der Waals surface area contributed by atoms with Crippen molar-refractivity contribution in [2.75, 3.05) is 0 Å². The summed E-state index contributed by atoms with van der Waals surface area (Å²) in [7, 11) is 1.53. The smallest absolute Gasteiger partial charge is 0.244 e. The minimum atomic E-state index is -0.347. The molecule has 56 valence electrons. The topological polar surface area (TPSA) is 78.0 Å². The molecule has 0 saturated heterocycles. The number of nitrogens with zero attached hydrogens (tertiary/aromatic N) is 6. The quantitative estimate of drug-likeness (QED) is 0.446. The van der Waals surface area contributed by atoms with Crippen LogP contribution in [0.15, 0.2) is 11.1 Å². The molecule has 0 spiro atoms. The van der Waals surface area contributed by atoms with Crippen LogP contribution in [0.4, 0.5) is 0 Å². The van der Waals surface area contributed by atoms with Crippen molar-refractivity contribution in [1.82, 2.24) is 29.6 Å². The molecule has 0 bridgehead atoms. The molecule has 0 saturated carbocycles. The molecule has 0 fully saturated rings. The van der Waals surface area contributed by atoms with E-state index in [0.717, 1.165) is 9.20 Å². The zero-order valence-electron chi connectivity index (χ0n) is 5.67. The van der Waals surface area contributed by atoms with E-state index >= 15 is 0 Å². The Balaban J connectivity index is 3.04. The molecule has 7 heteroatoms. The molecular formula is C4H4N6O. The second-order valence-electron chi connectivity index (χ2n) is 1.97. The Morgan fingerprint density at radius 3 is 3.09 bits per heavy atom. The van der Waals surface area contributed by atoms with Crippen LogP contribution in [0.1, 0.15) is 0 Å². The Labute approximate surface area is 60.3 Å². The molecule has 2 heterocycles. The highest BCUT2D eigenvalue weighted by Gasteiger charge is 2.03. The Morgan fingerprint density at radius 1 is 1.55 bits per heavy atom. The van der Waals surface area contributed by atoms with Crippen molar-refractivity contribution in [3.63, 3.8) is 0 Å². The molecular weight excluding hydrogens is 148 g/mol. The normalized spacial score (nSPS) is 10.6. The SMILES string of the molecule is Cn1nc2ncnnn2c1=O. The van der Waals surface area contributed by atoms with Gasteiger partial charge < -0.3 is 0 Å². The maximum atomic E-state index is 11.0. The first-order valence-corrected chi connectivity index (χ1v) is 2.89. The van der Waals surface area contributed by atoms with Crippen molar-refractivity contribution in [3.8, 4) is 0 Å². The van der Waals surface area contributed by atoms with Gasteiger partial charge in [-0.3, -0.25) is 0 Å².